The first-order valence-corrected chi connectivity index (χ1v) is 5.58. The van der Waals surface area contributed by atoms with E-state index in [0.717, 1.165) is 0 Å². The summed E-state index contributed by atoms with van der Waals surface area (Å²) in [6, 6.07) is 7.30. The van der Waals surface area contributed by atoms with Crippen molar-refractivity contribution in [3.8, 4) is 11.8 Å². The number of hydrogen-bond acceptors (Lipinski definition) is 4. The van der Waals surface area contributed by atoms with Crippen LogP contribution < -0.4 is 0 Å². The molecule has 2 aromatic rings. The molecule has 0 spiro atoms. The van der Waals surface area contributed by atoms with Gasteiger partial charge in [0.25, 0.3) is 0 Å². The zero-order valence-electron chi connectivity index (χ0n) is 10.1. The second kappa shape index (κ2) is 5.31. The molecular formula is C13H10FN3O2. The molecule has 0 saturated carbocycles. The van der Waals surface area contributed by atoms with Gasteiger partial charge in [0.15, 0.2) is 5.69 Å². The second-order valence-corrected chi connectivity index (χ2v) is 3.63. The summed E-state index contributed by atoms with van der Waals surface area (Å²) in [6.07, 6.45) is 1.27. The van der Waals surface area contributed by atoms with Gasteiger partial charge in [0.1, 0.15) is 17.4 Å². The van der Waals surface area contributed by atoms with Crippen molar-refractivity contribution in [3.05, 3.63) is 47.5 Å². The Hall–Kier alpha value is -2.68. The number of esters is 1. The van der Waals surface area contributed by atoms with Gasteiger partial charge in [-0.3, -0.25) is 0 Å². The third-order valence-electron chi connectivity index (χ3n) is 2.43. The summed E-state index contributed by atoms with van der Waals surface area (Å²) in [5.74, 6) is -1.03. The fourth-order valence-electron chi connectivity index (χ4n) is 1.60. The molecule has 0 aliphatic carbocycles. The Morgan fingerprint density at radius 2 is 2.16 bits per heavy atom. The molecule has 5 nitrogen and oxygen atoms in total. The Morgan fingerprint density at radius 1 is 1.47 bits per heavy atom. The lowest BCUT2D eigenvalue weighted by Gasteiger charge is -2.07. The van der Waals surface area contributed by atoms with Crippen LogP contribution in [0, 0.1) is 17.1 Å². The minimum atomic E-state index is -0.638. The van der Waals surface area contributed by atoms with E-state index in [1.807, 2.05) is 6.07 Å². The predicted octanol–water partition coefficient (Wildman–Crippen LogP) is 2.06. The monoisotopic (exact) mass is 259 g/mol. The van der Waals surface area contributed by atoms with Gasteiger partial charge in [0, 0.05) is 0 Å². The molecule has 0 unspecified atom stereocenters. The lowest BCUT2D eigenvalue weighted by molar-refractivity contribution is 0.0515. The fraction of sp³-hybridized carbons (Fsp3) is 0.154. The van der Waals surface area contributed by atoms with Gasteiger partial charge in [0.2, 0.25) is 0 Å². The smallest absolute Gasteiger partial charge is 0.358 e. The van der Waals surface area contributed by atoms with E-state index >= 15 is 0 Å². The minimum Gasteiger partial charge on any atom is -0.461 e. The third kappa shape index (κ3) is 2.45. The molecule has 0 N–H and O–H groups in total. The summed E-state index contributed by atoms with van der Waals surface area (Å²) in [6.45, 7) is 1.86. The van der Waals surface area contributed by atoms with Crippen molar-refractivity contribution >= 4 is 5.97 Å². The molecule has 1 aromatic carbocycles. The first-order chi connectivity index (χ1) is 9.17. The van der Waals surface area contributed by atoms with E-state index in [9.17, 15) is 9.18 Å². The summed E-state index contributed by atoms with van der Waals surface area (Å²) in [7, 11) is 0. The van der Waals surface area contributed by atoms with E-state index in [1.165, 1.54) is 35.1 Å². The van der Waals surface area contributed by atoms with Crippen LogP contribution in [0.1, 0.15) is 23.0 Å². The van der Waals surface area contributed by atoms with Gasteiger partial charge in [0.05, 0.1) is 18.5 Å². The molecule has 0 atom stereocenters. The van der Waals surface area contributed by atoms with Crippen LogP contribution >= 0.6 is 0 Å². The van der Waals surface area contributed by atoms with E-state index in [0.29, 0.717) is 5.69 Å². The molecule has 0 radical (unpaired) electrons. The first-order valence-electron chi connectivity index (χ1n) is 5.58. The number of nitrogens with zero attached hydrogens (tertiary/aromatic N) is 3. The highest BCUT2D eigenvalue weighted by molar-refractivity contribution is 5.91. The molecule has 2 rings (SSSR count). The van der Waals surface area contributed by atoms with Crippen molar-refractivity contribution in [1.29, 1.82) is 5.26 Å². The van der Waals surface area contributed by atoms with E-state index in [4.69, 9.17) is 10.00 Å². The SMILES string of the molecule is CCOC(=O)c1c(C#N)cnn1-c1ccc(F)cc1. The molecule has 19 heavy (non-hydrogen) atoms. The normalized spacial score (nSPS) is 9.95. The van der Waals surface area contributed by atoms with Crippen molar-refractivity contribution < 1.29 is 13.9 Å². The fourth-order valence-corrected chi connectivity index (χ4v) is 1.60. The van der Waals surface area contributed by atoms with Crippen LogP contribution in [0.15, 0.2) is 30.5 Å². The molecule has 0 bridgehead atoms. The molecule has 96 valence electrons. The summed E-state index contributed by atoms with van der Waals surface area (Å²) >= 11 is 0. The van der Waals surface area contributed by atoms with Gasteiger partial charge in [-0.05, 0) is 31.2 Å². The van der Waals surface area contributed by atoms with Crippen LogP contribution in [0.25, 0.3) is 5.69 Å². The zero-order valence-corrected chi connectivity index (χ0v) is 10.1. The number of carbonyl (C=O) groups excluding carboxylic acids is 1. The highest BCUT2D eigenvalue weighted by Gasteiger charge is 2.20. The maximum atomic E-state index is 12.9. The van der Waals surface area contributed by atoms with Gasteiger partial charge in [-0.25, -0.2) is 13.9 Å². The molecule has 6 heteroatoms. The van der Waals surface area contributed by atoms with Crippen molar-refractivity contribution in [2.45, 2.75) is 6.92 Å². The van der Waals surface area contributed by atoms with Crippen molar-refractivity contribution in [2.24, 2.45) is 0 Å². The van der Waals surface area contributed by atoms with Crippen LogP contribution in [-0.4, -0.2) is 22.4 Å². The molecule has 1 aromatic heterocycles. The molecule has 0 fully saturated rings. The molecule has 0 saturated heterocycles. The van der Waals surface area contributed by atoms with Gasteiger partial charge in [-0.15, -0.1) is 0 Å². The number of ether oxygens (including phenoxy) is 1. The van der Waals surface area contributed by atoms with Crippen LogP contribution in [0.5, 0.6) is 0 Å². The zero-order chi connectivity index (χ0) is 13.8. The molecule has 0 aliphatic heterocycles. The Morgan fingerprint density at radius 3 is 2.74 bits per heavy atom. The van der Waals surface area contributed by atoms with E-state index in [2.05, 4.69) is 5.10 Å². The van der Waals surface area contributed by atoms with Crippen molar-refractivity contribution in [1.82, 2.24) is 9.78 Å². The highest BCUT2D eigenvalue weighted by atomic mass is 19.1. The average molecular weight is 259 g/mol. The standard InChI is InChI=1S/C13H10FN3O2/c1-2-19-13(18)12-9(7-15)8-16-17(12)11-5-3-10(14)4-6-11/h3-6,8H,2H2,1H3. The van der Waals surface area contributed by atoms with Gasteiger partial charge < -0.3 is 4.74 Å². The number of nitriles is 1. The largest absolute Gasteiger partial charge is 0.461 e. The predicted molar refractivity (Wildman–Crippen MR) is 64.2 cm³/mol. The van der Waals surface area contributed by atoms with E-state index < -0.39 is 11.8 Å². The Balaban J connectivity index is 2.52. The highest BCUT2D eigenvalue weighted by Crippen LogP contribution is 2.16. The van der Waals surface area contributed by atoms with E-state index in [-0.39, 0.29) is 17.9 Å². The number of halogens is 1. The van der Waals surface area contributed by atoms with E-state index in [1.54, 1.807) is 6.92 Å². The van der Waals surface area contributed by atoms with Crippen LogP contribution in [0.2, 0.25) is 0 Å². The number of carbonyl (C=O) groups is 1. The molecular weight excluding hydrogens is 249 g/mol. The summed E-state index contributed by atoms with van der Waals surface area (Å²) in [5, 5.41) is 12.9. The molecule has 0 amide bonds. The number of rotatable bonds is 3. The maximum absolute atomic E-state index is 12.9. The number of benzene rings is 1. The molecule has 0 aliphatic rings. The second-order valence-electron chi connectivity index (χ2n) is 3.63. The van der Waals surface area contributed by atoms with Gasteiger partial charge in [-0.1, -0.05) is 0 Å². The Bertz CT molecular complexity index is 641. The lowest BCUT2D eigenvalue weighted by atomic mass is 10.2. The number of aromatic nitrogens is 2. The van der Waals surface area contributed by atoms with Crippen LogP contribution in [0.3, 0.4) is 0 Å². The molecule has 1 heterocycles. The third-order valence-corrected chi connectivity index (χ3v) is 2.43. The quantitative estimate of drug-likeness (QED) is 0.791. The summed E-state index contributed by atoms with van der Waals surface area (Å²) in [5.41, 5.74) is 0.629. The Kier molecular flexibility index (Phi) is 3.57. The lowest BCUT2D eigenvalue weighted by Crippen LogP contribution is -2.13. The first kappa shape index (κ1) is 12.8. The van der Waals surface area contributed by atoms with Crippen LogP contribution in [0.4, 0.5) is 4.39 Å². The topological polar surface area (TPSA) is 67.9 Å². The summed E-state index contributed by atoms with van der Waals surface area (Å²) in [4.78, 5) is 11.8. The van der Waals surface area contributed by atoms with Crippen molar-refractivity contribution in [2.75, 3.05) is 6.61 Å². The number of hydrogen-bond donors (Lipinski definition) is 0. The minimum absolute atomic E-state index is 0.0379. The van der Waals surface area contributed by atoms with Gasteiger partial charge in [-0.2, -0.15) is 10.4 Å². The van der Waals surface area contributed by atoms with Crippen LogP contribution in [-0.2, 0) is 4.74 Å². The van der Waals surface area contributed by atoms with Gasteiger partial charge >= 0.3 is 5.97 Å². The summed E-state index contributed by atoms with van der Waals surface area (Å²) < 4.78 is 19.0. The average Bonchev–Trinajstić information content (AvgIpc) is 2.83. The maximum Gasteiger partial charge on any atom is 0.358 e. The Labute approximate surface area is 108 Å². The van der Waals surface area contributed by atoms with Crippen molar-refractivity contribution in [3.63, 3.8) is 0 Å².